The molecule has 2 N–H and O–H groups in total. The number of amides is 1. The van der Waals surface area contributed by atoms with Crippen LogP contribution >= 0.6 is 0 Å². The lowest BCUT2D eigenvalue weighted by Crippen LogP contribution is -2.14. The van der Waals surface area contributed by atoms with Crippen molar-refractivity contribution in [1.29, 1.82) is 0 Å². The van der Waals surface area contributed by atoms with Crippen molar-refractivity contribution in [1.82, 2.24) is 0 Å². The van der Waals surface area contributed by atoms with E-state index in [0.29, 0.717) is 22.9 Å². The van der Waals surface area contributed by atoms with Crippen LogP contribution in [0, 0.1) is 0 Å². The molecule has 7 nitrogen and oxygen atoms in total. The molecule has 0 heterocycles. The molecule has 3 aromatic rings. The molecule has 0 unspecified atom stereocenters. The monoisotopic (exact) mass is 412 g/mol. The quantitative estimate of drug-likeness (QED) is 0.605. The Bertz CT molecular complexity index is 1100. The first-order valence-corrected chi connectivity index (χ1v) is 10.2. The Kier molecular flexibility index (Phi) is 6.04. The van der Waals surface area contributed by atoms with E-state index in [9.17, 15) is 13.2 Å². The largest absolute Gasteiger partial charge is 0.495 e. The third-order valence-corrected chi connectivity index (χ3v) is 5.26. The fourth-order valence-corrected chi connectivity index (χ4v) is 3.63. The van der Waals surface area contributed by atoms with Crippen LogP contribution in [0.5, 0.6) is 17.2 Å². The van der Waals surface area contributed by atoms with Gasteiger partial charge in [0, 0.05) is 18.7 Å². The standard InChI is InChI=1S/C21H20N2O5S/c1-15(24)22-20-13-12-19(14-21(20)27-2)29(25,26)23-16-8-10-18(11-9-16)28-17-6-4-3-5-7-17/h3-14,23H,1-2H3,(H,22,24). The van der Waals surface area contributed by atoms with Crippen molar-refractivity contribution in [2.45, 2.75) is 11.8 Å². The molecule has 1 amide bonds. The van der Waals surface area contributed by atoms with Gasteiger partial charge in [-0.1, -0.05) is 18.2 Å². The van der Waals surface area contributed by atoms with Gasteiger partial charge >= 0.3 is 0 Å². The third-order valence-electron chi connectivity index (χ3n) is 3.88. The number of hydrogen-bond donors (Lipinski definition) is 2. The van der Waals surface area contributed by atoms with Gasteiger partial charge < -0.3 is 14.8 Å². The number of hydrogen-bond acceptors (Lipinski definition) is 5. The summed E-state index contributed by atoms with van der Waals surface area (Å²) in [6.07, 6.45) is 0. The van der Waals surface area contributed by atoms with Crippen molar-refractivity contribution in [3.63, 3.8) is 0 Å². The van der Waals surface area contributed by atoms with E-state index in [1.807, 2.05) is 30.3 Å². The molecule has 0 aliphatic heterocycles. The summed E-state index contributed by atoms with van der Waals surface area (Å²) in [4.78, 5) is 11.2. The molecule has 3 aromatic carbocycles. The maximum Gasteiger partial charge on any atom is 0.262 e. The second-order valence-electron chi connectivity index (χ2n) is 6.09. The van der Waals surface area contributed by atoms with Crippen LogP contribution < -0.4 is 19.5 Å². The van der Waals surface area contributed by atoms with Gasteiger partial charge in [-0.3, -0.25) is 9.52 Å². The van der Waals surface area contributed by atoms with E-state index < -0.39 is 10.0 Å². The van der Waals surface area contributed by atoms with Gasteiger partial charge in [-0.05, 0) is 48.5 Å². The normalized spacial score (nSPS) is 10.8. The van der Waals surface area contributed by atoms with Gasteiger partial charge in [-0.25, -0.2) is 8.42 Å². The van der Waals surface area contributed by atoms with Crippen LogP contribution in [0.15, 0.2) is 77.7 Å². The van der Waals surface area contributed by atoms with Crippen LogP contribution in [-0.2, 0) is 14.8 Å². The molecule has 0 atom stereocenters. The van der Waals surface area contributed by atoms with Crippen LogP contribution in [0.3, 0.4) is 0 Å². The highest BCUT2D eigenvalue weighted by Gasteiger charge is 2.17. The van der Waals surface area contributed by atoms with Gasteiger partial charge in [0.15, 0.2) is 0 Å². The number of nitrogens with one attached hydrogen (secondary N) is 2. The summed E-state index contributed by atoms with van der Waals surface area (Å²) in [5.41, 5.74) is 0.775. The Balaban J connectivity index is 1.76. The number of ether oxygens (including phenoxy) is 2. The molecular formula is C21H20N2O5S. The molecule has 29 heavy (non-hydrogen) atoms. The van der Waals surface area contributed by atoms with Gasteiger partial charge in [0.25, 0.3) is 10.0 Å². The van der Waals surface area contributed by atoms with Gasteiger partial charge in [0.05, 0.1) is 17.7 Å². The molecule has 0 bridgehead atoms. The predicted octanol–water partition coefficient (Wildman–Crippen LogP) is 4.25. The lowest BCUT2D eigenvalue weighted by atomic mass is 10.3. The average molecular weight is 412 g/mol. The number of para-hydroxylation sites is 1. The van der Waals surface area contributed by atoms with Crippen LogP contribution in [0.1, 0.15) is 6.92 Å². The second kappa shape index (κ2) is 8.66. The molecule has 0 saturated carbocycles. The van der Waals surface area contributed by atoms with Gasteiger partial charge in [0.1, 0.15) is 17.2 Å². The number of sulfonamides is 1. The molecule has 150 valence electrons. The minimum atomic E-state index is -3.85. The van der Waals surface area contributed by atoms with Crippen LogP contribution in [0.25, 0.3) is 0 Å². The summed E-state index contributed by atoms with van der Waals surface area (Å²) in [6.45, 7) is 1.36. The van der Waals surface area contributed by atoms with Crippen molar-refractivity contribution in [3.8, 4) is 17.2 Å². The number of carbonyl (C=O) groups excluding carboxylic acids is 1. The number of rotatable bonds is 7. The van der Waals surface area contributed by atoms with Crippen LogP contribution in [0.4, 0.5) is 11.4 Å². The minimum absolute atomic E-state index is 0.00747. The molecule has 0 aromatic heterocycles. The van der Waals surface area contributed by atoms with Crippen molar-refractivity contribution in [2.75, 3.05) is 17.1 Å². The highest BCUT2D eigenvalue weighted by Crippen LogP contribution is 2.29. The van der Waals surface area contributed by atoms with E-state index in [0.717, 1.165) is 0 Å². The molecule has 8 heteroatoms. The van der Waals surface area contributed by atoms with Crippen molar-refractivity contribution < 1.29 is 22.7 Å². The summed E-state index contributed by atoms with van der Waals surface area (Å²) in [5, 5.41) is 2.59. The highest BCUT2D eigenvalue weighted by atomic mass is 32.2. The maximum absolute atomic E-state index is 12.7. The average Bonchev–Trinajstić information content (AvgIpc) is 2.70. The summed E-state index contributed by atoms with van der Waals surface area (Å²) in [7, 11) is -2.45. The molecule has 0 aliphatic rings. The molecule has 0 spiro atoms. The fraction of sp³-hybridized carbons (Fsp3) is 0.0952. The highest BCUT2D eigenvalue weighted by molar-refractivity contribution is 7.92. The molecule has 0 saturated heterocycles. The van der Waals surface area contributed by atoms with E-state index in [4.69, 9.17) is 9.47 Å². The van der Waals surface area contributed by atoms with Gasteiger partial charge in [0.2, 0.25) is 5.91 Å². The fourth-order valence-electron chi connectivity index (χ4n) is 2.56. The molecule has 0 aliphatic carbocycles. The van der Waals surface area contributed by atoms with E-state index in [2.05, 4.69) is 10.0 Å². The summed E-state index contributed by atoms with van der Waals surface area (Å²) < 4.78 is 38.8. The Morgan fingerprint density at radius 3 is 2.17 bits per heavy atom. The van der Waals surface area contributed by atoms with Gasteiger partial charge in [-0.2, -0.15) is 0 Å². The second-order valence-corrected chi connectivity index (χ2v) is 7.77. The van der Waals surface area contributed by atoms with E-state index >= 15 is 0 Å². The first-order valence-electron chi connectivity index (χ1n) is 8.69. The van der Waals surface area contributed by atoms with Crippen LogP contribution in [-0.4, -0.2) is 21.4 Å². The zero-order valence-corrected chi connectivity index (χ0v) is 16.7. The van der Waals surface area contributed by atoms with Crippen LogP contribution in [0.2, 0.25) is 0 Å². The third kappa shape index (κ3) is 5.26. The van der Waals surface area contributed by atoms with Gasteiger partial charge in [-0.15, -0.1) is 0 Å². The Hall–Kier alpha value is -3.52. The molecule has 3 rings (SSSR count). The van der Waals surface area contributed by atoms with E-state index in [1.165, 1.54) is 32.2 Å². The number of methoxy groups -OCH3 is 1. The predicted molar refractivity (Wildman–Crippen MR) is 111 cm³/mol. The zero-order valence-electron chi connectivity index (χ0n) is 15.9. The van der Waals surface area contributed by atoms with Crippen molar-refractivity contribution in [3.05, 3.63) is 72.8 Å². The lowest BCUT2D eigenvalue weighted by Gasteiger charge is -2.13. The van der Waals surface area contributed by atoms with E-state index in [-0.39, 0.29) is 16.6 Å². The first-order chi connectivity index (χ1) is 13.9. The number of carbonyl (C=O) groups is 1. The number of anilines is 2. The Morgan fingerprint density at radius 2 is 1.55 bits per heavy atom. The summed E-state index contributed by atoms with van der Waals surface area (Å²) in [5.74, 6) is 1.23. The smallest absolute Gasteiger partial charge is 0.262 e. The zero-order chi connectivity index (χ0) is 20.9. The summed E-state index contributed by atoms with van der Waals surface area (Å²) >= 11 is 0. The summed E-state index contributed by atoms with van der Waals surface area (Å²) in [6, 6.07) is 20.1. The first kappa shape index (κ1) is 20.2. The molecular weight excluding hydrogens is 392 g/mol. The minimum Gasteiger partial charge on any atom is -0.495 e. The Morgan fingerprint density at radius 1 is 0.897 bits per heavy atom. The lowest BCUT2D eigenvalue weighted by molar-refractivity contribution is -0.114. The maximum atomic E-state index is 12.7. The van der Waals surface area contributed by atoms with Crippen molar-refractivity contribution in [2.24, 2.45) is 0 Å². The van der Waals surface area contributed by atoms with E-state index in [1.54, 1.807) is 24.3 Å². The molecule has 0 fully saturated rings. The number of benzene rings is 3. The Labute approximate surface area is 169 Å². The van der Waals surface area contributed by atoms with Crippen molar-refractivity contribution >= 4 is 27.3 Å². The topological polar surface area (TPSA) is 93.7 Å². The SMILES string of the molecule is COc1cc(S(=O)(=O)Nc2ccc(Oc3ccccc3)cc2)ccc1NC(C)=O. The molecule has 0 radical (unpaired) electrons.